The largest absolute Gasteiger partial charge is 0.461 e. The normalized spacial score (nSPS) is 11.3. The number of benzene rings is 1. The topological polar surface area (TPSA) is 68.4 Å². The smallest absolute Gasteiger partial charge is 0.354 e. The van der Waals surface area contributed by atoms with Crippen LogP contribution in [0, 0.1) is 0 Å². The number of para-hydroxylation sites is 1. The molecule has 0 spiro atoms. The molecule has 1 aromatic carbocycles. The number of aromatic amines is 1. The zero-order valence-electron chi connectivity index (χ0n) is 14.6. The van der Waals surface area contributed by atoms with Crippen LogP contribution in [0.4, 0.5) is 0 Å². The number of hydrogen-bond acceptors (Lipinski definition) is 4. The van der Waals surface area contributed by atoms with E-state index in [1.807, 2.05) is 39.0 Å². The van der Waals surface area contributed by atoms with Gasteiger partial charge < -0.3 is 14.5 Å². The fourth-order valence-electron chi connectivity index (χ4n) is 2.42. The summed E-state index contributed by atoms with van der Waals surface area (Å²) in [5, 5.41) is 0.862. The monoisotopic (exact) mass is 329 g/mol. The maximum atomic E-state index is 12.0. The number of esters is 2. The van der Waals surface area contributed by atoms with Gasteiger partial charge in [0.2, 0.25) is 0 Å². The molecule has 2 aromatic rings. The number of fused-ring (bicyclic) bond motifs is 1. The summed E-state index contributed by atoms with van der Waals surface area (Å²) in [5.41, 5.74) is 2.02. The van der Waals surface area contributed by atoms with Crippen LogP contribution in [0.15, 0.2) is 30.8 Å². The zero-order chi connectivity index (χ0) is 17.9. The third-order valence-electron chi connectivity index (χ3n) is 3.31. The highest BCUT2D eigenvalue weighted by molar-refractivity contribution is 6.00. The first-order valence-electron chi connectivity index (χ1n) is 7.90. The molecule has 128 valence electrons. The van der Waals surface area contributed by atoms with E-state index in [4.69, 9.17) is 9.47 Å². The lowest BCUT2D eigenvalue weighted by atomic mass is 10.0. The first-order valence-corrected chi connectivity index (χ1v) is 7.90. The Morgan fingerprint density at radius 3 is 2.58 bits per heavy atom. The van der Waals surface area contributed by atoms with Gasteiger partial charge in [-0.1, -0.05) is 24.8 Å². The van der Waals surface area contributed by atoms with Crippen molar-refractivity contribution in [3.63, 3.8) is 0 Å². The van der Waals surface area contributed by atoms with Gasteiger partial charge >= 0.3 is 11.9 Å². The molecule has 0 bridgehead atoms. The van der Waals surface area contributed by atoms with E-state index >= 15 is 0 Å². The average Bonchev–Trinajstić information content (AvgIpc) is 2.89. The molecule has 0 unspecified atom stereocenters. The van der Waals surface area contributed by atoms with E-state index in [1.165, 1.54) is 0 Å². The van der Waals surface area contributed by atoms with Crippen LogP contribution >= 0.6 is 0 Å². The number of rotatable bonds is 5. The van der Waals surface area contributed by atoms with Crippen LogP contribution in [0.5, 0.6) is 0 Å². The number of carbonyl (C=O) groups excluding carboxylic acids is 2. The molecule has 1 heterocycles. The van der Waals surface area contributed by atoms with Gasteiger partial charge in [0.25, 0.3) is 0 Å². The van der Waals surface area contributed by atoms with Crippen LogP contribution in [-0.2, 0) is 14.3 Å². The summed E-state index contributed by atoms with van der Waals surface area (Å²) in [6, 6.07) is 7.34. The van der Waals surface area contributed by atoms with E-state index in [0.717, 1.165) is 16.5 Å². The molecule has 0 saturated carbocycles. The van der Waals surface area contributed by atoms with Crippen molar-refractivity contribution in [2.45, 2.75) is 39.7 Å². The Labute approximate surface area is 141 Å². The molecule has 0 aliphatic heterocycles. The molecule has 0 radical (unpaired) electrons. The number of ether oxygens (including phenoxy) is 2. The first-order chi connectivity index (χ1) is 11.2. The molecule has 1 N–H and O–H groups in total. The number of H-pyrrole nitrogens is 1. The molecule has 0 atom stereocenters. The molecule has 0 saturated heterocycles. The highest BCUT2D eigenvalue weighted by Gasteiger charge is 2.19. The van der Waals surface area contributed by atoms with Crippen LogP contribution in [0.3, 0.4) is 0 Å². The number of nitrogens with one attached hydrogen (secondary N) is 1. The second-order valence-electron chi connectivity index (χ2n) is 6.54. The van der Waals surface area contributed by atoms with Crippen molar-refractivity contribution < 1.29 is 19.1 Å². The number of hydrogen-bond donors (Lipinski definition) is 1. The lowest BCUT2D eigenvalue weighted by Gasteiger charge is -2.20. The van der Waals surface area contributed by atoms with Gasteiger partial charge in [-0.2, -0.15) is 0 Å². The molecule has 0 fully saturated rings. The van der Waals surface area contributed by atoms with Crippen molar-refractivity contribution in [3.05, 3.63) is 42.1 Å². The molecule has 1 aromatic heterocycles. The van der Waals surface area contributed by atoms with E-state index in [0.29, 0.717) is 17.9 Å². The highest BCUT2D eigenvalue weighted by Crippen LogP contribution is 2.27. The summed E-state index contributed by atoms with van der Waals surface area (Å²) >= 11 is 0. The quantitative estimate of drug-likeness (QED) is 0.839. The predicted octanol–water partition coefficient (Wildman–Crippen LogP) is 4.09. The van der Waals surface area contributed by atoms with Gasteiger partial charge in [-0.3, -0.25) is 4.79 Å². The van der Waals surface area contributed by atoms with Gasteiger partial charge in [0, 0.05) is 10.9 Å². The van der Waals surface area contributed by atoms with Crippen LogP contribution in [0.1, 0.15) is 50.2 Å². The zero-order valence-corrected chi connectivity index (χ0v) is 14.6. The molecule has 0 amide bonds. The van der Waals surface area contributed by atoms with Gasteiger partial charge in [-0.15, -0.1) is 0 Å². The summed E-state index contributed by atoms with van der Waals surface area (Å²) in [5.74, 6) is -0.737. The minimum Gasteiger partial charge on any atom is -0.461 e. The van der Waals surface area contributed by atoms with Crippen molar-refractivity contribution in [2.75, 3.05) is 6.61 Å². The van der Waals surface area contributed by atoms with Crippen LogP contribution < -0.4 is 0 Å². The Morgan fingerprint density at radius 1 is 1.25 bits per heavy atom. The van der Waals surface area contributed by atoms with Gasteiger partial charge in [0.1, 0.15) is 11.3 Å². The summed E-state index contributed by atoms with van der Waals surface area (Å²) < 4.78 is 10.3. The minimum absolute atomic E-state index is 0.0874. The van der Waals surface area contributed by atoms with E-state index in [1.54, 1.807) is 13.0 Å². The lowest BCUT2D eigenvalue weighted by Crippen LogP contribution is -2.23. The van der Waals surface area contributed by atoms with Gasteiger partial charge in [-0.25, -0.2) is 4.79 Å². The molecule has 0 aliphatic carbocycles. The van der Waals surface area contributed by atoms with Crippen LogP contribution in [0.2, 0.25) is 0 Å². The summed E-state index contributed by atoms with van der Waals surface area (Å²) in [4.78, 5) is 27.0. The number of carbonyl (C=O) groups is 2. The Kier molecular flexibility index (Phi) is 5.12. The van der Waals surface area contributed by atoms with Gasteiger partial charge in [-0.05, 0) is 39.3 Å². The van der Waals surface area contributed by atoms with Crippen LogP contribution in [-0.4, -0.2) is 29.1 Å². The van der Waals surface area contributed by atoms with Crippen molar-refractivity contribution in [1.82, 2.24) is 4.98 Å². The third-order valence-corrected chi connectivity index (χ3v) is 3.31. The second-order valence-corrected chi connectivity index (χ2v) is 6.54. The maximum absolute atomic E-state index is 12.0. The number of aromatic nitrogens is 1. The molecule has 5 heteroatoms. The third kappa shape index (κ3) is 4.25. The van der Waals surface area contributed by atoms with Crippen molar-refractivity contribution in [2.24, 2.45) is 0 Å². The Morgan fingerprint density at radius 2 is 1.96 bits per heavy atom. The molecule has 2 rings (SSSR count). The van der Waals surface area contributed by atoms with Crippen molar-refractivity contribution in [1.29, 1.82) is 0 Å². The van der Waals surface area contributed by atoms with Gasteiger partial charge in [0.15, 0.2) is 0 Å². The molecule has 0 aliphatic rings. The average molecular weight is 329 g/mol. The maximum Gasteiger partial charge on any atom is 0.354 e. The van der Waals surface area contributed by atoms with E-state index < -0.39 is 11.6 Å². The SMILES string of the molecule is C=C(CC(=O)OC(C)(C)C)c1cccc2cc(C(=O)OCC)[nH]c12. The fraction of sp³-hybridized carbons (Fsp3) is 0.368. The summed E-state index contributed by atoms with van der Waals surface area (Å²) in [6.07, 6.45) is 0.0874. The molecular weight excluding hydrogens is 306 g/mol. The van der Waals surface area contributed by atoms with Crippen LogP contribution in [0.25, 0.3) is 16.5 Å². The van der Waals surface area contributed by atoms with E-state index in [2.05, 4.69) is 11.6 Å². The Bertz CT molecular complexity index is 780. The second kappa shape index (κ2) is 6.91. The van der Waals surface area contributed by atoms with Crippen molar-refractivity contribution in [3.8, 4) is 0 Å². The predicted molar refractivity (Wildman–Crippen MR) is 93.8 cm³/mol. The lowest BCUT2D eigenvalue weighted by molar-refractivity contribution is -0.153. The Balaban J connectivity index is 2.27. The summed E-state index contributed by atoms with van der Waals surface area (Å²) in [7, 11) is 0. The highest BCUT2D eigenvalue weighted by atomic mass is 16.6. The molecule has 5 nitrogen and oxygen atoms in total. The molecular formula is C19H23NO4. The minimum atomic E-state index is -0.535. The standard InChI is InChI=1S/C19H23NO4/c1-6-23-18(22)15-11-13-8-7-9-14(17(13)20-15)12(2)10-16(21)24-19(3,4)5/h7-9,11,20H,2,6,10H2,1,3-5H3. The Hall–Kier alpha value is -2.56. The summed E-state index contributed by atoms with van der Waals surface area (Å²) in [6.45, 7) is 11.5. The van der Waals surface area contributed by atoms with E-state index in [-0.39, 0.29) is 12.4 Å². The molecule has 24 heavy (non-hydrogen) atoms. The van der Waals surface area contributed by atoms with E-state index in [9.17, 15) is 9.59 Å². The van der Waals surface area contributed by atoms with Gasteiger partial charge in [0.05, 0.1) is 18.5 Å². The first kappa shape index (κ1) is 17.8. The fourth-order valence-corrected chi connectivity index (χ4v) is 2.42. The van der Waals surface area contributed by atoms with Crippen molar-refractivity contribution >= 4 is 28.4 Å².